The van der Waals surface area contributed by atoms with Crippen molar-refractivity contribution in [2.75, 3.05) is 0 Å². The molecule has 6 heteroatoms. The van der Waals surface area contributed by atoms with Crippen LogP contribution in [-0.4, -0.2) is 6.18 Å². The van der Waals surface area contributed by atoms with Gasteiger partial charge in [-0.2, -0.15) is 13.2 Å². The first kappa shape index (κ1) is 15.3. The molecular weight excluding hydrogens is 272 g/mol. The quantitative estimate of drug-likeness (QED) is 0.506. The maximum absolute atomic E-state index is 13.8. The average Bonchev–Trinajstić information content (AvgIpc) is 2.41. The van der Waals surface area contributed by atoms with E-state index in [2.05, 4.69) is 5.43 Å². The van der Waals surface area contributed by atoms with Crippen molar-refractivity contribution in [3.05, 3.63) is 35.6 Å². The van der Waals surface area contributed by atoms with Crippen LogP contribution < -0.4 is 11.3 Å². The molecule has 20 heavy (non-hydrogen) atoms. The molecule has 1 aromatic rings. The highest BCUT2D eigenvalue weighted by molar-refractivity contribution is 5.22. The Bertz CT molecular complexity index is 447. The van der Waals surface area contributed by atoms with Crippen LogP contribution in [0.25, 0.3) is 0 Å². The zero-order valence-electron chi connectivity index (χ0n) is 11.0. The molecule has 1 aliphatic carbocycles. The van der Waals surface area contributed by atoms with Crippen molar-refractivity contribution in [1.82, 2.24) is 5.43 Å². The predicted molar refractivity (Wildman–Crippen MR) is 68.0 cm³/mol. The van der Waals surface area contributed by atoms with Crippen molar-refractivity contribution >= 4 is 0 Å². The molecule has 2 rings (SSSR count). The van der Waals surface area contributed by atoms with Crippen LogP contribution >= 0.6 is 0 Å². The van der Waals surface area contributed by atoms with Gasteiger partial charge >= 0.3 is 6.18 Å². The van der Waals surface area contributed by atoms with E-state index < -0.39 is 29.9 Å². The molecule has 3 atom stereocenters. The largest absolute Gasteiger partial charge is 0.392 e. The van der Waals surface area contributed by atoms with Gasteiger partial charge < -0.3 is 0 Å². The number of benzene rings is 1. The van der Waals surface area contributed by atoms with Crippen LogP contribution in [0.1, 0.15) is 37.3 Å². The first-order valence-electron chi connectivity index (χ1n) is 6.72. The summed E-state index contributed by atoms with van der Waals surface area (Å²) in [5, 5.41) is 0. The molecule has 0 saturated heterocycles. The van der Waals surface area contributed by atoms with Crippen LogP contribution in [0.3, 0.4) is 0 Å². The molecule has 2 nitrogen and oxygen atoms in total. The Morgan fingerprint density at radius 1 is 1.15 bits per heavy atom. The molecule has 0 radical (unpaired) electrons. The Morgan fingerprint density at radius 2 is 1.80 bits per heavy atom. The average molecular weight is 290 g/mol. The lowest BCUT2D eigenvalue weighted by Gasteiger charge is -2.38. The molecule has 1 fully saturated rings. The monoisotopic (exact) mass is 290 g/mol. The van der Waals surface area contributed by atoms with E-state index in [-0.39, 0.29) is 12.0 Å². The van der Waals surface area contributed by atoms with Gasteiger partial charge in [-0.3, -0.25) is 11.3 Å². The topological polar surface area (TPSA) is 38.0 Å². The summed E-state index contributed by atoms with van der Waals surface area (Å²) in [5.41, 5.74) is 2.60. The van der Waals surface area contributed by atoms with E-state index in [0.29, 0.717) is 19.3 Å². The second-order valence-corrected chi connectivity index (χ2v) is 5.26. The fourth-order valence-corrected chi connectivity index (χ4v) is 3.14. The van der Waals surface area contributed by atoms with Crippen LogP contribution in [0.2, 0.25) is 0 Å². The fourth-order valence-electron chi connectivity index (χ4n) is 3.14. The molecule has 0 heterocycles. The van der Waals surface area contributed by atoms with Gasteiger partial charge in [-0.1, -0.05) is 31.0 Å². The molecule has 0 bridgehead atoms. The van der Waals surface area contributed by atoms with Crippen molar-refractivity contribution in [1.29, 1.82) is 0 Å². The van der Waals surface area contributed by atoms with Gasteiger partial charge in [0.2, 0.25) is 0 Å². The lowest BCUT2D eigenvalue weighted by Crippen LogP contribution is -2.43. The third-order valence-electron chi connectivity index (χ3n) is 4.09. The SMILES string of the molecule is NNC(c1ccccc1F)C1CCCCC1C(F)(F)F. The molecule has 1 aromatic carbocycles. The van der Waals surface area contributed by atoms with Crippen LogP contribution in [0.4, 0.5) is 17.6 Å². The van der Waals surface area contributed by atoms with E-state index in [1.165, 1.54) is 18.2 Å². The maximum atomic E-state index is 13.8. The summed E-state index contributed by atoms with van der Waals surface area (Å²) >= 11 is 0. The van der Waals surface area contributed by atoms with Gasteiger partial charge in [0, 0.05) is 5.56 Å². The Kier molecular flexibility index (Phi) is 4.65. The van der Waals surface area contributed by atoms with Gasteiger partial charge in [0.1, 0.15) is 5.82 Å². The number of nitrogens with two attached hydrogens (primary N) is 1. The lowest BCUT2D eigenvalue weighted by molar-refractivity contribution is -0.199. The Labute approximate surface area is 115 Å². The fraction of sp³-hybridized carbons (Fsp3) is 0.571. The molecule has 1 saturated carbocycles. The van der Waals surface area contributed by atoms with Gasteiger partial charge in [-0.25, -0.2) is 4.39 Å². The summed E-state index contributed by atoms with van der Waals surface area (Å²) in [6, 6.07) is 5.03. The molecule has 3 N–H and O–H groups in total. The zero-order valence-corrected chi connectivity index (χ0v) is 11.0. The van der Waals surface area contributed by atoms with Crippen molar-refractivity contribution < 1.29 is 17.6 Å². The van der Waals surface area contributed by atoms with Gasteiger partial charge in [0.25, 0.3) is 0 Å². The Morgan fingerprint density at radius 3 is 2.40 bits per heavy atom. The first-order chi connectivity index (χ1) is 9.45. The highest BCUT2D eigenvalue weighted by atomic mass is 19.4. The summed E-state index contributed by atoms with van der Waals surface area (Å²) in [6.45, 7) is 0. The van der Waals surface area contributed by atoms with E-state index in [1.54, 1.807) is 6.07 Å². The van der Waals surface area contributed by atoms with Gasteiger partial charge in [-0.05, 0) is 24.8 Å². The third-order valence-corrected chi connectivity index (χ3v) is 4.09. The van der Waals surface area contributed by atoms with Crippen LogP contribution in [-0.2, 0) is 0 Å². The second kappa shape index (κ2) is 6.10. The smallest absolute Gasteiger partial charge is 0.271 e. The normalized spacial score (nSPS) is 25.4. The lowest BCUT2D eigenvalue weighted by atomic mass is 9.73. The van der Waals surface area contributed by atoms with E-state index >= 15 is 0 Å². The van der Waals surface area contributed by atoms with Crippen LogP contribution in [0.15, 0.2) is 24.3 Å². The molecule has 0 aromatic heterocycles. The molecule has 0 spiro atoms. The van der Waals surface area contributed by atoms with Crippen LogP contribution in [0, 0.1) is 17.7 Å². The van der Waals surface area contributed by atoms with Crippen molar-refractivity contribution in [3.8, 4) is 0 Å². The zero-order chi connectivity index (χ0) is 14.8. The third kappa shape index (κ3) is 3.12. The Hall–Kier alpha value is -1.14. The number of nitrogens with one attached hydrogen (secondary N) is 1. The van der Waals surface area contributed by atoms with Crippen LogP contribution in [0.5, 0.6) is 0 Å². The molecule has 0 amide bonds. The first-order valence-corrected chi connectivity index (χ1v) is 6.72. The Balaban J connectivity index is 2.32. The van der Waals surface area contributed by atoms with Crippen molar-refractivity contribution in [2.45, 2.75) is 37.9 Å². The summed E-state index contributed by atoms with van der Waals surface area (Å²) in [5.74, 6) is 2.74. The maximum Gasteiger partial charge on any atom is 0.392 e. The van der Waals surface area contributed by atoms with Gasteiger partial charge in [0.15, 0.2) is 0 Å². The number of hydrazine groups is 1. The van der Waals surface area contributed by atoms with E-state index in [9.17, 15) is 17.6 Å². The van der Waals surface area contributed by atoms with E-state index in [1.807, 2.05) is 0 Å². The number of hydrogen-bond acceptors (Lipinski definition) is 2. The molecule has 112 valence electrons. The number of rotatable bonds is 3. The minimum atomic E-state index is -4.27. The summed E-state index contributed by atoms with van der Waals surface area (Å²) in [7, 11) is 0. The minimum absolute atomic E-state index is 0.0841. The molecule has 1 aliphatic rings. The summed E-state index contributed by atoms with van der Waals surface area (Å²) in [6.07, 6.45) is -2.53. The standard InChI is InChI=1S/C14H18F4N2/c15-12-8-4-2-6-10(12)13(20-19)9-5-1-3-7-11(9)14(16,17)18/h2,4,6,8-9,11,13,20H,1,3,5,7,19H2. The van der Waals surface area contributed by atoms with Gasteiger partial charge in [0.05, 0.1) is 12.0 Å². The summed E-state index contributed by atoms with van der Waals surface area (Å²) in [4.78, 5) is 0. The number of hydrogen-bond donors (Lipinski definition) is 2. The number of alkyl halides is 3. The van der Waals surface area contributed by atoms with E-state index in [4.69, 9.17) is 5.84 Å². The highest BCUT2D eigenvalue weighted by Gasteiger charge is 2.48. The van der Waals surface area contributed by atoms with E-state index in [0.717, 1.165) is 0 Å². The molecular formula is C14H18F4N2. The highest BCUT2D eigenvalue weighted by Crippen LogP contribution is 2.46. The minimum Gasteiger partial charge on any atom is -0.271 e. The van der Waals surface area contributed by atoms with Crippen molar-refractivity contribution in [2.24, 2.45) is 17.7 Å². The number of halogens is 4. The second-order valence-electron chi connectivity index (χ2n) is 5.26. The van der Waals surface area contributed by atoms with Gasteiger partial charge in [-0.15, -0.1) is 0 Å². The predicted octanol–water partition coefficient (Wildman–Crippen LogP) is 3.70. The van der Waals surface area contributed by atoms with Crippen molar-refractivity contribution in [3.63, 3.8) is 0 Å². The summed E-state index contributed by atoms with van der Waals surface area (Å²) < 4.78 is 53.3. The molecule has 3 unspecified atom stereocenters. The molecule has 0 aliphatic heterocycles.